The van der Waals surface area contributed by atoms with Crippen LogP contribution in [0.2, 0.25) is 5.02 Å². The van der Waals surface area contributed by atoms with E-state index in [-0.39, 0.29) is 5.75 Å². The molecule has 2 N–H and O–H groups in total. The van der Waals surface area contributed by atoms with Crippen LogP contribution in [-0.4, -0.2) is 80.5 Å². The van der Waals surface area contributed by atoms with Crippen molar-refractivity contribution < 1.29 is 23.4 Å². The molecule has 0 bridgehead atoms. The monoisotopic (exact) mass is 620 g/mol. The van der Waals surface area contributed by atoms with E-state index in [0.717, 1.165) is 39.1 Å². The first kappa shape index (κ1) is 31.0. The van der Waals surface area contributed by atoms with E-state index >= 15 is 4.39 Å². The molecule has 5 rings (SSSR count). The number of anilines is 1. The van der Waals surface area contributed by atoms with Crippen LogP contribution in [0.4, 0.5) is 14.9 Å². The van der Waals surface area contributed by atoms with Gasteiger partial charge in [-0.05, 0) is 73.6 Å². The molecule has 1 fully saturated rings. The summed E-state index contributed by atoms with van der Waals surface area (Å²) < 4.78 is 32.6. The normalized spacial score (nSPS) is 14.1. The number of hydrogen-bond acceptors (Lipinski definition) is 8. The predicted molar refractivity (Wildman–Crippen MR) is 170 cm³/mol. The molecule has 1 aliphatic rings. The second-order valence-electron chi connectivity index (χ2n) is 10.3. The molecule has 1 aromatic heterocycles. The topological polar surface area (TPSA) is 101 Å². The molecule has 44 heavy (non-hydrogen) atoms. The Hall–Kier alpha value is -4.45. The minimum atomic E-state index is -0.600. The average molecular weight is 621 g/mol. The van der Waals surface area contributed by atoms with Crippen LogP contribution in [0.25, 0.3) is 10.9 Å². The van der Waals surface area contributed by atoms with Crippen LogP contribution in [0, 0.1) is 5.82 Å². The molecule has 1 saturated heterocycles. The lowest BCUT2D eigenvalue weighted by molar-refractivity contribution is 0.145. The standard InChI is InChI=1S/C32H34ClFN6O4/c1-39-13-15-40(16-14-39)12-3-17-43-31-20-27-25(19-30(31)42-2)28(10-11-35-27)44-29-9-4-22(18-26(29)34)21-36-38-32(41)37-24-7-5-23(33)6-8-24/h4-11,18-21H,3,12-17H2,1-2H3,(H2,37,38,41)/b36-21+. The number of ether oxygens (including phenoxy) is 3. The van der Waals surface area contributed by atoms with E-state index in [2.05, 4.69) is 37.7 Å². The highest BCUT2D eigenvalue weighted by Gasteiger charge is 2.15. The van der Waals surface area contributed by atoms with Gasteiger partial charge in [0.2, 0.25) is 0 Å². The van der Waals surface area contributed by atoms with E-state index in [9.17, 15) is 4.79 Å². The number of pyridine rings is 1. The Labute approximate surface area is 260 Å². The van der Waals surface area contributed by atoms with E-state index in [0.29, 0.717) is 51.0 Å². The molecular formula is C32H34ClFN6O4. The van der Waals surface area contributed by atoms with Gasteiger partial charge in [0.15, 0.2) is 23.1 Å². The molecule has 0 spiro atoms. The number of hydrogen-bond donors (Lipinski definition) is 2. The molecule has 0 radical (unpaired) electrons. The Bertz CT molecular complexity index is 1610. The van der Waals surface area contributed by atoms with E-state index in [1.165, 1.54) is 18.3 Å². The fraction of sp³-hybridized carbons (Fsp3) is 0.281. The van der Waals surface area contributed by atoms with Gasteiger partial charge in [-0.2, -0.15) is 5.10 Å². The Morgan fingerprint density at radius 3 is 2.57 bits per heavy atom. The highest BCUT2D eigenvalue weighted by Crippen LogP contribution is 2.37. The predicted octanol–water partition coefficient (Wildman–Crippen LogP) is 6.00. The number of urea groups is 1. The molecule has 0 atom stereocenters. The lowest BCUT2D eigenvalue weighted by Gasteiger charge is -2.32. The van der Waals surface area contributed by atoms with Crippen LogP contribution in [-0.2, 0) is 0 Å². The first-order valence-electron chi connectivity index (χ1n) is 14.2. The average Bonchev–Trinajstić information content (AvgIpc) is 3.02. The van der Waals surface area contributed by atoms with Gasteiger partial charge in [-0.1, -0.05) is 11.6 Å². The third-order valence-corrected chi connectivity index (χ3v) is 7.37. The van der Waals surface area contributed by atoms with Crippen LogP contribution in [0.1, 0.15) is 12.0 Å². The van der Waals surface area contributed by atoms with Gasteiger partial charge in [0.1, 0.15) is 5.75 Å². The molecule has 1 aliphatic heterocycles. The van der Waals surface area contributed by atoms with Gasteiger partial charge in [0.25, 0.3) is 0 Å². The molecule has 0 saturated carbocycles. The number of carbonyl (C=O) groups excluding carboxylic acids is 1. The summed E-state index contributed by atoms with van der Waals surface area (Å²) in [5, 5.41) is 7.69. The molecule has 3 aromatic carbocycles. The zero-order valence-corrected chi connectivity index (χ0v) is 25.3. The molecular weight excluding hydrogens is 587 g/mol. The van der Waals surface area contributed by atoms with E-state index < -0.39 is 11.8 Å². The lowest BCUT2D eigenvalue weighted by atomic mass is 10.1. The van der Waals surface area contributed by atoms with Gasteiger partial charge >= 0.3 is 6.03 Å². The van der Waals surface area contributed by atoms with Crippen LogP contribution < -0.4 is 25.0 Å². The van der Waals surface area contributed by atoms with Crippen molar-refractivity contribution in [3.63, 3.8) is 0 Å². The Kier molecular flexibility index (Phi) is 10.4. The summed E-state index contributed by atoms with van der Waals surface area (Å²) in [5.74, 6) is 0.960. The number of carbonyl (C=O) groups is 1. The number of aromatic nitrogens is 1. The minimum Gasteiger partial charge on any atom is -0.493 e. The maximum atomic E-state index is 15.0. The molecule has 0 aliphatic carbocycles. The number of nitrogens with zero attached hydrogens (tertiary/aromatic N) is 4. The lowest BCUT2D eigenvalue weighted by Crippen LogP contribution is -2.44. The fourth-order valence-corrected chi connectivity index (χ4v) is 4.81. The number of nitrogens with one attached hydrogen (secondary N) is 2. The van der Waals surface area contributed by atoms with Gasteiger partial charge in [-0.25, -0.2) is 14.6 Å². The zero-order chi connectivity index (χ0) is 30.9. The van der Waals surface area contributed by atoms with Gasteiger partial charge in [0, 0.05) is 61.1 Å². The summed E-state index contributed by atoms with van der Waals surface area (Å²) in [4.78, 5) is 21.3. The second-order valence-corrected chi connectivity index (χ2v) is 10.7. The summed E-state index contributed by atoms with van der Waals surface area (Å²) >= 11 is 5.85. The molecule has 230 valence electrons. The van der Waals surface area contributed by atoms with E-state index in [1.54, 1.807) is 55.8 Å². The van der Waals surface area contributed by atoms with E-state index in [4.69, 9.17) is 25.8 Å². The summed E-state index contributed by atoms with van der Waals surface area (Å²) in [7, 11) is 3.72. The van der Waals surface area contributed by atoms with E-state index in [1.807, 2.05) is 6.07 Å². The number of piperazine rings is 1. The van der Waals surface area contributed by atoms with Gasteiger partial charge < -0.3 is 29.3 Å². The van der Waals surface area contributed by atoms with Crippen molar-refractivity contribution in [2.24, 2.45) is 5.10 Å². The van der Waals surface area contributed by atoms with Crippen molar-refractivity contribution in [1.82, 2.24) is 20.2 Å². The number of benzene rings is 3. The molecule has 10 nitrogen and oxygen atoms in total. The van der Waals surface area contributed by atoms with Crippen LogP contribution in [0.15, 0.2) is 72.0 Å². The molecule has 4 aromatic rings. The van der Waals surface area contributed by atoms with Crippen molar-refractivity contribution in [3.8, 4) is 23.0 Å². The summed E-state index contributed by atoms with van der Waals surface area (Å²) in [5.41, 5.74) is 3.95. The van der Waals surface area contributed by atoms with Crippen molar-refractivity contribution in [2.75, 3.05) is 58.8 Å². The second kappa shape index (κ2) is 14.8. The van der Waals surface area contributed by atoms with Crippen LogP contribution in [0.5, 0.6) is 23.0 Å². The molecule has 0 unspecified atom stereocenters. The Morgan fingerprint density at radius 1 is 1.02 bits per heavy atom. The zero-order valence-electron chi connectivity index (χ0n) is 24.6. The van der Waals surface area contributed by atoms with Crippen molar-refractivity contribution in [2.45, 2.75) is 6.42 Å². The summed E-state index contributed by atoms with van der Waals surface area (Å²) in [6, 6.07) is 15.7. The number of methoxy groups -OCH3 is 1. The quantitative estimate of drug-likeness (QED) is 0.120. The first-order valence-corrected chi connectivity index (χ1v) is 14.6. The maximum Gasteiger partial charge on any atom is 0.339 e. The van der Waals surface area contributed by atoms with Crippen molar-refractivity contribution in [3.05, 3.63) is 83.3 Å². The van der Waals surface area contributed by atoms with Crippen LogP contribution >= 0.6 is 11.6 Å². The number of likely N-dealkylation sites (N-methyl/N-ethyl adjacent to an activating group) is 1. The molecule has 2 heterocycles. The molecule has 12 heteroatoms. The van der Waals surface area contributed by atoms with Crippen molar-refractivity contribution in [1.29, 1.82) is 0 Å². The maximum absolute atomic E-state index is 15.0. The first-order chi connectivity index (χ1) is 21.4. The fourth-order valence-electron chi connectivity index (χ4n) is 4.69. The number of hydrazone groups is 1. The highest BCUT2D eigenvalue weighted by atomic mass is 35.5. The molecule has 2 amide bonds. The number of rotatable bonds is 11. The SMILES string of the molecule is COc1cc2c(Oc3ccc(/C=N/NC(=O)Nc4ccc(Cl)cc4)cc3F)ccnc2cc1OCCCN1CCN(C)CC1. The van der Waals surface area contributed by atoms with Gasteiger partial charge in [0.05, 0.1) is 25.4 Å². The Morgan fingerprint density at radius 2 is 1.82 bits per heavy atom. The third kappa shape index (κ3) is 8.34. The van der Waals surface area contributed by atoms with Crippen LogP contribution in [0.3, 0.4) is 0 Å². The highest BCUT2D eigenvalue weighted by molar-refractivity contribution is 6.30. The number of amides is 2. The smallest absolute Gasteiger partial charge is 0.339 e. The van der Waals surface area contributed by atoms with Gasteiger partial charge in [-0.3, -0.25) is 4.98 Å². The summed E-state index contributed by atoms with van der Waals surface area (Å²) in [6.07, 6.45) is 3.82. The number of fused-ring (bicyclic) bond motifs is 1. The minimum absolute atomic E-state index is 0.0197. The Balaban J connectivity index is 1.19. The number of halogens is 2. The summed E-state index contributed by atoms with van der Waals surface area (Å²) in [6.45, 7) is 5.84. The largest absolute Gasteiger partial charge is 0.493 e. The van der Waals surface area contributed by atoms with Gasteiger partial charge in [-0.15, -0.1) is 0 Å². The third-order valence-electron chi connectivity index (χ3n) is 7.12. The van der Waals surface area contributed by atoms with Crippen molar-refractivity contribution >= 4 is 40.4 Å².